The molecular formula is C30H28F5N3O5. The number of fused-ring (bicyclic) bond motifs is 1. The van der Waals surface area contributed by atoms with E-state index in [1.54, 1.807) is 18.2 Å². The fraction of sp³-hybridized carbons (Fsp3) is 0.400. The Bertz CT molecular complexity index is 1590. The number of carbonyl (C=O) groups excluding carboxylic acids is 1. The molecule has 0 bridgehead atoms. The molecule has 3 aliphatic rings. The number of rotatable bonds is 9. The summed E-state index contributed by atoms with van der Waals surface area (Å²) in [4.78, 5) is 17.4. The third-order valence-corrected chi connectivity index (χ3v) is 7.58. The Hall–Kier alpha value is -3.97. The SMILES string of the molecule is C[C@](O)(CNC(=O)c1ccc(OC2CC2)c(OC2CC2)c1)c1cc2c(c(-c3ccc(F)c(F)c3)n1)OC[C@@]2(N)C(F)(F)F. The molecule has 6 rings (SSSR count). The van der Waals surface area contributed by atoms with Crippen LogP contribution in [-0.2, 0) is 11.1 Å². The second-order valence-corrected chi connectivity index (χ2v) is 11.4. The van der Waals surface area contributed by atoms with Gasteiger partial charge in [-0.25, -0.2) is 13.8 Å². The number of pyridine rings is 1. The highest BCUT2D eigenvalue weighted by Gasteiger charge is 2.59. The van der Waals surface area contributed by atoms with Crippen LogP contribution in [0.15, 0.2) is 42.5 Å². The zero-order chi connectivity index (χ0) is 30.7. The predicted molar refractivity (Wildman–Crippen MR) is 143 cm³/mol. The number of ether oxygens (including phenoxy) is 3. The quantitative estimate of drug-likeness (QED) is 0.299. The smallest absolute Gasteiger partial charge is 0.414 e. The topological polar surface area (TPSA) is 116 Å². The molecule has 8 nitrogen and oxygen atoms in total. The van der Waals surface area contributed by atoms with E-state index in [0.717, 1.165) is 49.9 Å². The molecule has 2 aliphatic carbocycles. The van der Waals surface area contributed by atoms with Crippen LogP contribution in [0.4, 0.5) is 22.0 Å². The molecule has 2 aromatic carbocycles. The molecule has 4 N–H and O–H groups in total. The van der Waals surface area contributed by atoms with Crippen molar-refractivity contribution in [1.82, 2.24) is 10.3 Å². The predicted octanol–water partition coefficient (Wildman–Crippen LogP) is 4.86. The van der Waals surface area contributed by atoms with Gasteiger partial charge >= 0.3 is 6.18 Å². The van der Waals surface area contributed by atoms with Gasteiger partial charge in [0.15, 0.2) is 34.4 Å². The summed E-state index contributed by atoms with van der Waals surface area (Å²) in [6.07, 6.45) is -1.13. The van der Waals surface area contributed by atoms with E-state index in [4.69, 9.17) is 19.9 Å². The third-order valence-electron chi connectivity index (χ3n) is 7.58. The number of carbonyl (C=O) groups is 1. The second-order valence-electron chi connectivity index (χ2n) is 11.4. The van der Waals surface area contributed by atoms with Crippen molar-refractivity contribution < 1.29 is 46.1 Å². The maximum absolute atomic E-state index is 14.1. The molecule has 13 heteroatoms. The van der Waals surface area contributed by atoms with Gasteiger partial charge in [-0.05, 0) is 75.1 Å². The molecule has 1 aliphatic heterocycles. The average molecular weight is 606 g/mol. The van der Waals surface area contributed by atoms with Crippen molar-refractivity contribution in [3.8, 4) is 28.5 Å². The number of hydrogen-bond donors (Lipinski definition) is 3. The van der Waals surface area contributed by atoms with Crippen molar-refractivity contribution in [3.05, 3.63) is 70.9 Å². The first-order valence-electron chi connectivity index (χ1n) is 13.7. The number of nitrogens with one attached hydrogen (secondary N) is 1. The number of halogens is 5. The summed E-state index contributed by atoms with van der Waals surface area (Å²) in [7, 11) is 0. The van der Waals surface area contributed by atoms with E-state index in [9.17, 15) is 31.9 Å². The first-order valence-corrected chi connectivity index (χ1v) is 13.7. The molecule has 3 aromatic rings. The number of nitrogens with two attached hydrogens (primary N) is 1. The molecular weight excluding hydrogens is 577 g/mol. The molecule has 2 atom stereocenters. The zero-order valence-corrected chi connectivity index (χ0v) is 22.9. The van der Waals surface area contributed by atoms with Gasteiger partial charge in [0.25, 0.3) is 5.91 Å². The van der Waals surface area contributed by atoms with Crippen LogP contribution in [0, 0.1) is 11.6 Å². The van der Waals surface area contributed by atoms with E-state index < -0.39 is 53.6 Å². The molecule has 2 saturated carbocycles. The monoisotopic (exact) mass is 605 g/mol. The molecule has 1 aromatic heterocycles. The maximum Gasteiger partial charge on any atom is 0.414 e. The van der Waals surface area contributed by atoms with Gasteiger partial charge < -0.3 is 30.4 Å². The van der Waals surface area contributed by atoms with Crippen molar-refractivity contribution >= 4 is 5.91 Å². The van der Waals surface area contributed by atoms with E-state index in [-0.39, 0.29) is 40.5 Å². The van der Waals surface area contributed by atoms with Gasteiger partial charge in [0.2, 0.25) is 0 Å². The number of amides is 1. The van der Waals surface area contributed by atoms with E-state index in [2.05, 4.69) is 10.3 Å². The van der Waals surface area contributed by atoms with Crippen LogP contribution in [0.3, 0.4) is 0 Å². The molecule has 0 saturated heterocycles. The number of alkyl halides is 3. The number of aromatic nitrogens is 1. The standard InChI is InChI=1S/C30H28F5N3O5/c1-28(40,13-37-27(39)16-3-9-22(42-17-4-5-17)23(11-16)43-18-6-7-18)24-12-19-26(41-14-29(19,36)30(33,34)35)25(38-24)15-2-8-20(31)21(32)10-15/h2-3,8-12,17-18,40H,4-7,13-14,36H2,1H3,(H,37,39)/t28-,29-/m0/s1. The summed E-state index contributed by atoms with van der Waals surface area (Å²) >= 11 is 0. The minimum atomic E-state index is -4.96. The summed E-state index contributed by atoms with van der Waals surface area (Å²) in [5.41, 5.74) is -0.223. The first-order chi connectivity index (χ1) is 20.2. The highest BCUT2D eigenvalue weighted by molar-refractivity contribution is 5.95. The summed E-state index contributed by atoms with van der Waals surface area (Å²) in [5, 5.41) is 14.0. The van der Waals surface area contributed by atoms with Crippen molar-refractivity contribution in [2.45, 2.75) is 62.1 Å². The molecule has 0 unspecified atom stereocenters. The van der Waals surface area contributed by atoms with Crippen LogP contribution < -0.4 is 25.3 Å². The van der Waals surface area contributed by atoms with Crippen LogP contribution in [0.2, 0.25) is 0 Å². The lowest BCUT2D eigenvalue weighted by Gasteiger charge is -2.28. The lowest BCUT2D eigenvalue weighted by atomic mass is 9.88. The van der Waals surface area contributed by atoms with Crippen LogP contribution in [-0.4, -0.2) is 47.5 Å². The van der Waals surface area contributed by atoms with E-state index in [1.165, 1.54) is 6.92 Å². The van der Waals surface area contributed by atoms with Crippen molar-refractivity contribution in [2.75, 3.05) is 13.2 Å². The van der Waals surface area contributed by atoms with Gasteiger partial charge in [-0.2, -0.15) is 13.2 Å². The highest BCUT2D eigenvalue weighted by atomic mass is 19.4. The van der Waals surface area contributed by atoms with Gasteiger partial charge in [0.05, 0.1) is 24.4 Å². The normalized spacial score (nSPS) is 21.0. The zero-order valence-electron chi connectivity index (χ0n) is 22.9. The number of hydrogen-bond acceptors (Lipinski definition) is 7. The molecule has 43 heavy (non-hydrogen) atoms. The van der Waals surface area contributed by atoms with Crippen molar-refractivity contribution in [3.63, 3.8) is 0 Å². The Balaban J connectivity index is 1.30. The Morgan fingerprint density at radius 3 is 2.35 bits per heavy atom. The van der Waals surface area contributed by atoms with Crippen LogP contribution in [0.5, 0.6) is 17.2 Å². The third kappa shape index (κ3) is 5.70. The molecule has 1 amide bonds. The summed E-state index contributed by atoms with van der Waals surface area (Å²) in [5.74, 6) is -2.44. The largest absolute Gasteiger partial charge is 0.488 e. The molecule has 2 fully saturated rings. The molecule has 2 heterocycles. The molecule has 228 valence electrons. The first kappa shape index (κ1) is 29.1. The molecule has 0 spiro atoms. The van der Waals surface area contributed by atoms with Gasteiger partial charge in [0.1, 0.15) is 17.9 Å². The van der Waals surface area contributed by atoms with Gasteiger partial charge in [-0.1, -0.05) is 0 Å². The Morgan fingerprint density at radius 1 is 1.05 bits per heavy atom. The Labute approximate surface area is 243 Å². The van der Waals surface area contributed by atoms with Crippen LogP contribution >= 0.6 is 0 Å². The van der Waals surface area contributed by atoms with Gasteiger partial charge in [-0.15, -0.1) is 0 Å². The van der Waals surface area contributed by atoms with Crippen LogP contribution in [0.25, 0.3) is 11.3 Å². The Kier molecular flexibility index (Phi) is 7.00. The lowest BCUT2D eigenvalue weighted by Crippen LogP contribution is -2.52. The number of nitrogens with zero attached hydrogens (tertiary/aromatic N) is 1. The molecule has 0 radical (unpaired) electrons. The van der Waals surface area contributed by atoms with E-state index >= 15 is 0 Å². The summed E-state index contributed by atoms with van der Waals surface area (Å²) in [6, 6.07) is 8.34. The lowest BCUT2D eigenvalue weighted by molar-refractivity contribution is -0.191. The summed E-state index contributed by atoms with van der Waals surface area (Å²) in [6.45, 7) is -0.219. The fourth-order valence-corrected chi connectivity index (χ4v) is 4.64. The second kappa shape index (κ2) is 10.3. The average Bonchev–Trinajstić information content (AvgIpc) is 3.89. The highest BCUT2D eigenvalue weighted by Crippen LogP contribution is 2.49. The van der Waals surface area contributed by atoms with Crippen LogP contribution in [0.1, 0.15) is 54.2 Å². The van der Waals surface area contributed by atoms with E-state index in [0.29, 0.717) is 11.5 Å². The minimum absolute atomic E-state index is 0.0469. The van der Waals surface area contributed by atoms with Crippen molar-refractivity contribution in [2.24, 2.45) is 5.73 Å². The van der Waals surface area contributed by atoms with Gasteiger partial charge in [-0.3, -0.25) is 4.79 Å². The Morgan fingerprint density at radius 2 is 1.72 bits per heavy atom. The maximum atomic E-state index is 14.1. The fourth-order valence-electron chi connectivity index (χ4n) is 4.64. The summed E-state index contributed by atoms with van der Waals surface area (Å²) < 4.78 is 87.1. The van der Waals surface area contributed by atoms with E-state index in [1.807, 2.05) is 0 Å². The van der Waals surface area contributed by atoms with Crippen molar-refractivity contribution in [1.29, 1.82) is 0 Å². The number of benzene rings is 2. The number of aliphatic hydroxyl groups is 1. The minimum Gasteiger partial charge on any atom is -0.488 e. The van der Waals surface area contributed by atoms with Gasteiger partial charge in [0, 0.05) is 16.7 Å².